The molecular formula is C13H13FN2O6S. The highest BCUT2D eigenvalue weighted by molar-refractivity contribution is 7.99. The number of aromatic hydroxyl groups is 5. The van der Waals surface area contributed by atoms with Crippen LogP contribution < -0.4 is 11.3 Å². The Kier molecular flexibility index (Phi) is 4.57. The van der Waals surface area contributed by atoms with E-state index in [4.69, 9.17) is 5.73 Å². The third-order valence-electron chi connectivity index (χ3n) is 2.99. The summed E-state index contributed by atoms with van der Waals surface area (Å²) >= 11 is 0.688. The van der Waals surface area contributed by atoms with Crippen molar-refractivity contribution in [1.29, 1.82) is 0 Å². The molecule has 0 saturated carbocycles. The lowest BCUT2D eigenvalue weighted by molar-refractivity contribution is 0.362. The number of hydrogen-bond donors (Lipinski definition) is 7. The van der Waals surface area contributed by atoms with Crippen molar-refractivity contribution in [2.24, 2.45) is 5.73 Å². The van der Waals surface area contributed by atoms with Gasteiger partial charge in [-0.05, 0) is 6.08 Å². The summed E-state index contributed by atoms with van der Waals surface area (Å²) in [5.41, 5.74) is 3.82. The van der Waals surface area contributed by atoms with E-state index in [0.717, 1.165) is 6.08 Å². The Morgan fingerprint density at radius 3 is 2.30 bits per heavy atom. The molecular weight excluding hydrogens is 331 g/mol. The zero-order valence-corrected chi connectivity index (χ0v) is 12.3. The summed E-state index contributed by atoms with van der Waals surface area (Å²) in [5, 5.41) is 48.2. The van der Waals surface area contributed by atoms with Crippen LogP contribution in [0.4, 0.5) is 4.39 Å². The summed E-state index contributed by atoms with van der Waals surface area (Å²) in [7, 11) is 0. The highest BCUT2D eigenvalue weighted by atomic mass is 32.2. The number of phenols is 3. The highest BCUT2D eigenvalue weighted by Gasteiger charge is 2.24. The molecule has 0 bridgehead atoms. The molecule has 0 amide bonds. The molecule has 0 radical (unpaired) electrons. The highest BCUT2D eigenvalue weighted by Crippen LogP contribution is 2.51. The predicted molar refractivity (Wildman–Crippen MR) is 81.9 cm³/mol. The number of H-pyrrole nitrogens is 1. The van der Waals surface area contributed by atoms with E-state index in [0.29, 0.717) is 11.8 Å². The minimum Gasteiger partial charge on any atom is -0.504 e. The molecule has 0 atom stereocenters. The number of aromatic amines is 1. The second-order valence-corrected chi connectivity index (χ2v) is 5.44. The molecule has 2 rings (SSSR count). The van der Waals surface area contributed by atoms with Crippen LogP contribution in [0.2, 0.25) is 0 Å². The van der Waals surface area contributed by atoms with E-state index in [1.165, 1.54) is 0 Å². The Labute approximate surface area is 132 Å². The number of pyridine rings is 1. The van der Waals surface area contributed by atoms with E-state index >= 15 is 0 Å². The molecule has 0 unspecified atom stereocenters. The molecule has 10 heteroatoms. The van der Waals surface area contributed by atoms with Crippen LogP contribution in [0.3, 0.4) is 0 Å². The lowest BCUT2D eigenvalue weighted by Gasteiger charge is -2.13. The Morgan fingerprint density at radius 1 is 1.09 bits per heavy atom. The lowest BCUT2D eigenvalue weighted by atomic mass is 10.1. The fourth-order valence-corrected chi connectivity index (χ4v) is 2.84. The molecule has 0 spiro atoms. The summed E-state index contributed by atoms with van der Waals surface area (Å²) in [5.74, 6) is -5.66. The van der Waals surface area contributed by atoms with Crippen LogP contribution in [0.15, 0.2) is 21.6 Å². The molecule has 2 aromatic rings. The quantitative estimate of drug-likeness (QED) is 0.319. The van der Waals surface area contributed by atoms with Crippen LogP contribution in [0.5, 0.6) is 28.7 Å². The van der Waals surface area contributed by atoms with Crippen LogP contribution in [-0.2, 0) is 0 Å². The van der Waals surface area contributed by atoms with Gasteiger partial charge in [0.05, 0.1) is 15.8 Å². The van der Waals surface area contributed by atoms with Crippen molar-refractivity contribution >= 4 is 22.7 Å². The first kappa shape index (κ1) is 16.8. The molecule has 0 fully saturated rings. The molecule has 1 aromatic carbocycles. The van der Waals surface area contributed by atoms with Crippen LogP contribution in [0, 0.1) is 0 Å². The van der Waals surface area contributed by atoms with Crippen molar-refractivity contribution in [2.45, 2.75) is 4.90 Å². The Balaban J connectivity index is 2.73. The van der Waals surface area contributed by atoms with Gasteiger partial charge in [0.1, 0.15) is 5.83 Å². The third kappa shape index (κ3) is 2.85. The first-order valence-electron chi connectivity index (χ1n) is 6.21. The van der Waals surface area contributed by atoms with Crippen molar-refractivity contribution in [2.75, 3.05) is 12.3 Å². The number of benzene rings is 1. The van der Waals surface area contributed by atoms with Crippen LogP contribution in [0.1, 0.15) is 0 Å². The average molecular weight is 344 g/mol. The van der Waals surface area contributed by atoms with E-state index in [1.54, 1.807) is 0 Å². The summed E-state index contributed by atoms with van der Waals surface area (Å²) < 4.78 is 13.4. The van der Waals surface area contributed by atoms with Gasteiger partial charge in [-0.1, -0.05) is 0 Å². The number of nitrogens with one attached hydrogen (secondary N) is 1. The second kappa shape index (κ2) is 6.26. The zero-order valence-electron chi connectivity index (χ0n) is 11.5. The summed E-state index contributed by atoms with van der Waals surface area (Å²) in [6.07, 6.45) is 1.10. The first-order valence-corrected chi connectivity index (χ1v) is 7.20. The minimum absolute atomic E-state index is 0.0363. The zero-order chi connectivity index (χ0) is 17.3. The molecule has 1 heterocycles. The minimum atomic E-state index is -1.08. The Bertz CT molecular complexity index is 864. The number of rotatable bonds is 4. The topological polar surface area (TPSA) is 160 Å². The second-order valence-electron chi connectivity index (χ2n) is 4.45. The Morgan fingerprint density at radius 2 is 1.70 bits per heavy atom. The number of nitrogens with two attached hydrogens (primary N) is 1. The lowest BCUT2D eigenvalue weighted by Crippen LogP contribution is -2.06. The summed E-state index contributed by atoms with van der Waals surface area (Å²) in [4.78, 5) is 13.5. The number of thioether (sulfide) groups is 1. The van der Waals surface area contributed by atoms with Gasteiger partial charge in [0.15, 0.2) is 17.2 Å². The molecule has 0 aliphatic carbocycles. The van der Waals surface area contributed by atoms with E-state index in [9.17, 15) is 34.7 Å². The monoisotopic (exact) mass is 344 g/mol. The maximum atomic E-state index is 13.4. The van der Waals surface area contributed by atoms with Gasteiger partial charge in [-0.3, -0.25) is 4.79 Å². The van der Waals surface area contributed by atoms with E-state index in [-0.39, 0.29) is 22.7 Å². The maximum absolute atomic E-state index is 13.4. The standard InChI is InChI=1S/C13H13FN2O6S/c14-4(1-2-15)3-23-12-6-5(7(17)9(19)10(12)20)8(18)11(21)13(22)16-6/h1,17,19-21H,2-3,15H2,(H2,16,18,22)/b4-1-. The fourth-order valence-electron chi connectivity index (χ4n) is 1.91. The van der Waals surface area contributed by atoms with E-state index in [1.807, 2.05) is 0 Å². The van der Waals surface area contributed by atoms with Gasteiger partial charge in [0.2, 0.25) is 11.5 Å². The van der Waals surface area contributed by atoms with Gasteiger partial charge in [-0.15, -0.1) is 11.8 Å². The normalized spacial score (nSPS) is 12.0. The molecule has 23 heavy (non-hydrogen) atoms. The van der Waals surface area contributed by atoms with Crippen molar-refractivity contribution in [3.05, 3.63) is 22.3 Å². The van der Waals surface area contributed by atoms with Crippen molar-refractivity contribution < 1.29 is 29.9 Å². The summed E-state index contributed by atoms with van der Waals surface area (Å²) in [6, 6.07) is 0. The van der Waals surface area contributed by atoms with Gasteiger partial charge in [0, 0.05) is 12.3 Å². The Hall–Kier alpha value is -2.59. The largest absolute Gasteiger partial charge is 0.504 e. The van der Waals surface area contributed by atoms with E-state index in [2.05, 4.69) is 4.98 Å². The molecule has 0 aliphatic rings. The van der Waals surface area contributed by atoms with Gasteiger partial charge in [-0.25, -0.2) is 4.39 Å². The van der Waals surface area contributed by atoms with Gasteiger partial charge in [-0.2, -0.15) is 0 Å². The molecule has 8 N–H and O–H groups in total. The van der Waals surface area contributed by atoms with Gasteiger partial charge < -0.3 is 36.3 Å². The van der Waals surface area contributed by atoms with Crippen LogP contribution in [-0.4, -0.2) is 42.8 Å². The number of hydrogen-bond acceptors (Lipinski definition) is 8. The number of aromatic nitrogens is 1. The maximum Gasteiger partial charge on any atom is 0.294 e. The number of halogens is 1. The first-order chi connectivity index (χ1) is 10.8. The molecule has 1 aromatic heterocycles. The SMILES string of the molecule is NC/C=C(\F)CSc1c(O)c(O)c(O)c2c(O)c(O)c(=O)[nH]c12. The molecule has 0 aliphatic heterocycles. The fraction of sp³-hybridized carbons (Fsp3) is 0.154. The van der Waals surface area contributed by atoms with Gasteiger partial charge >= 0.3 is 0 Å². The smallest absolute Gasteiger partial charge is 0.294 e. The molecule has 0 saturated heterocycles. The van der Waals surface area contributed by atoms with Crippen molar-refractivity contribution in [3.63, 3.8) is 0 Å². The van der Waals surface area contributed by atoms with Crippen LogP contribution in [0.25, 0.3) is 10.9 Å². The molecule has 8 nitrogen and oxygen atoms in total. The van der Waals surface area contributed by atoms with E-state index < -0.39 is 45.5 Å². The average Bonchev–Trinajstić information content (AvgIpc) is 2.50. The van der Waals surface area contributed by atoms with Gasteiger partial charge in [0.25, 0.3) is 5.56 Å². The van der Waals surface area contributed by atoms with Crippen molar-refractivity contribution in [1.82, 2.24) is 4.98 Å². The molecule has 124 valence electrons. The number of fused-ring (bicyclic) bond motifs is 1. The van der Waals surface area contributed by atoms with Crippen molar-refractivity contribution in [3.8, 4) is 28.7 Å². The van der Waals surface area contributed by atoms with Crippen LogP contribution >= 0.6 is 11.8 Å². The third-order valence-corrected chi connectivity index (χ3v) is 4.09. The predicted octanol–water partition coefficient (Wildman–Crippen LogP) is 0.960. The summed E-state index contributed by atoms with van der Waals surface area (Å²) in [6.45, 7) is -0.0363. The number of phenolic OH excluding ortho intramolecular Hbond substituents is 3.